The Morgan fingerprint density at radius 2 is 0.557 bits per heavy atom. The summed E-state index contributed by atoms with van der Waals surface area (Å²) in [5.74, 6) is -1.58. The van der Waals surface area contributed by atoms with Crippen molar-refractivity contribution in [3.8, 4) is 11.6 Å². The molecule has 0 bridgehead atoms. The fraction of sp³-hybridized carbons (Fsp3) is 0.904. The average molecular weight is 1620 g/mol. The SMILES string of the molecule is Fc1cccc(Oc2cc(C(F)(F)F)nc(N3CCCNCCCCCCCCCCCCCCCCCCCCCCCCCCCCCCCCCCCCCCCCC4(CCCCCCCCCCCCCCCCCCCCCCCCCCCCCCCCCCCCCCCCCCCCCC45OCCO5)C3)n2)c1. The molecule has 1 aliphatic carbocycles. The van der Waals surface area contributed by atoms with Crippen LogP contribution in [0, 0.1) is 11.2 Å². The first-order chi connectivity index (χ1) is 56.8. The molecule has 3 heterocycles. The predicted octanol–water partition coefficient (Wildman–Crippen LogP) is 35.7. The molecule has 7 nitrogen and oxygen atoms in total. The molecule has 1 aromatic heterocycles. The summed E-state index contributed by atoms with van der Waals surface area (Å²) < 4.78 is 81.7. The number of hydrogen-bond acceptors (Lipinski definition) is 7. The number of fused-ring (bicyclic) bond motifs is 1. The van der Waals surface area contributed by atoms with Gasteiger partial charge in [-0.3, -0.25) is 0 Å². The molecule has 115 heavy (non-hydrogen) atoms. The monoisotopic (exact) mass is 1620 g/mol. The van der Waals surface area contributed by atoms with Crippen LogP contribution in [-0.4, -0.2) is 55.1 Å². The zero-order valence-electron chi connectivity index (χ0n) is 75.8. The van der Waals surface area contributed by atoms with Gasteiger partial charge in [0.15, 0.2) is 11.5 Å². The lowest BCUT2D eigenvalue weighted by atomic mass is 9.68. The number of alkyl halides is 3. The molecule has 1 N–H and O–H groups in total. The summed E-state index contributed by atoms with van der Waals surface area (Å²) in [5, 5.41) is 3.76. The van der Waals surface area contributed by atoms with Crippen molar-refractivity contribution in [3.05, 3.63) is 41.8 Å². The summed E-state index contributed by atoms with van der Waals surface area (Å²) in [5.41, 5.74) is -1.62. The smallest absolute Gasteiger partial charge is 0.433 e. The molecule has 3 fully saturated rings. The molecule has 0 amide bonds. The van der Waals surface area contributed by atoms with Crippen LogP contribution >= 0.6 is 0 Å². The standard InChI is InChI=1S/C104H188F4N4O3/c105-97-84-82-85-98(94-97)115-100-95-99(104(106,107)108)110-101(111-100)112-91-83-90-109-89-81-77-73-69-65-61-57-53-49-45-41-37-33-29-25-21-17-13-9-8-11-15-19-23-27-31-35-39-43-47-51-55-59-63-67-71-75-79-87-102(96-112)86-78-74-70-66-62-58-54-50-46-42-38-34-30-26-22-18-14-10-6-4-2-1-3-5-7-12-16-20-24-28-32-36-40-44-48-52-56-60-64-68-72-76-80-88-103(102)113-92-93-114-103/h82,84-85,94-95,109H,1-81,83,86-93,96H2. The minimum absolute atomic E-state index is 0.000831. The highest BCUT2D eigenvalue weighted by Gasteiger charge is 2.55. The number of nitrogens with zero attached hydrogens (tertiary/aromatic N) is 3. The highest BCUT2D eigenvalue weighted by Crippen LogP contribution is 2.51. The van der Waals surface area contributed by atoms with Gasteiger partial charge in [-0.15, -0.1) is 0 Å². The van der Waals surface area contributed by atoms with Crippen LogP contribution in [0.3, 0.4) is 0 Å². The number of rotatable bonds is 3. The first kappa shape index (κ1) is 103. The Bertz CT molecular complexity index is 2360. The molecule has 1 unspecified atom stereocenters. The molecule has 5 rings (SSSR count). The van der Waals surface area contributed by atoms with Gasteiger partial charge in [0.25, 0.3) is 0 Å². The topological polar surface area (TPSA) is 68.7 Å². The molecule has 670 valence electrons. The van der Waals surface area contributed by atoms with E-state index in [2.05, 4.69) is 15.2 Å². The summed E-state index contributed by atoms with van der Waals surface area (Å²) in [6, 6.07) is 6.47. The Morgan fingerprint density at radius 3 is 0.826 bits per heavy atom. The fourth-order valence-corrected chi connectivity index (χ4v) is 19.6. The van der Waals surface area contributed by atoms with E-state index in [1.165, 1.54) is 493 Å². The highest BCUT2D eigenvalue weighted by molar-refractivity contribution is 5.38. The minimum Gasteiger partial charge on any atom is -0.439 e. The lowest BCUT2D eigenvalue weighted by Crippen LogP contribution is -2.56. The van der Waals surface area contributed by atoms with E-state index in [1.54, 1.807) is 6.07 Å². The van der Waals surface area contributed by atoms with Gasteiger partial charge in [0.1, 0.15) is 11.6 Å². The van der Waals surface area contributed by atoms with Crippen molar-refractivity contribution in [1.82, 2.24) is 15.3 Å². The largest absolute Gasteiger partial charge is 0.439 e. The molecule has 2 aliphatic heterocycles. The molecule has 1 saturated carbocycles. The molecule has 2 aromatic rings. The molecule has 2 spiro atoms. The third-order valence-corrected chi connectivity index (χ3v) is 27.0. The Kier molecular flexibility index (Phi) is 66.4. The second kappa shape index (κ2) is 74.2. The van der Waals surface area contributed by atoms with Gasteiger partial charge in [0, 0.05) is 37.1 Å². The van der Waals surface area contributed by atoms with Crippen LogP contribution in [0.4, 0.5) is 23.5 Å². The molecule has 0 radical (unpaired) electrons. The highest BCUT2D eigenvalue weighted by atomic mass is 19.4. The summed E-state index contributed by atoms with van der Waals surface area (Å²) in [6.07, 6.45) is 108. The molecule has 3 aliphatic rings. The minimum atomic E-state index is -4.78. The zero-order chi connectivity index (χ0) is 81.1. The maximum atomic E-state index is 15.4. The third kappa shape index (κ3) is 56.0. The molecular weight excluding hydrogens is 1430 g/mol. The van der Waals surface area contributed by atoms with E-state index >= 15 is 13.2 Å². The Morgan fingerprint density at radius 1 is 0.304 bits per heavy atom. The fourth-order valence-electron chi connectivity index (χ4n) is 19.6. The second-order valence-electron chi connectivity index (χ2n) is 37.6. The van der Waals surface area contributed by atoms with Gasteiger partial charge in [0.05, 0.1) is 13.2 Å². The number of halogens is 4. The number of hydrogen-bond donors (Lipinski definition) is 1. The Balaban J connectivity index is 1.31. The lowest BCUT2D eigenvalue weighted by molar-refractivity contribution is -0.246. The van der Waals surface area contributed by atoms with E-state index in [0.29, 0.717) is 32.7 Å². The first-order valence-electron chi connectivity index (χ1n) is 51.9. The number of benzene rings is 1. The van der Waals surface area contributed by atoms with Crippen LogP contribution in [0.5, 0.6) is 11.6 Å². The van der Waals surface area contributed by atoms with Crippen LogP contribution in [0.15, 0.2) is 30.3 Å². The van der Waals surface area contributed by atoms with Gasteiger partial charge >= 0.3 is 6.18 Å². The molecule has 1 atom stereocenters. The summed E-state index contributed by atoms with van der Waals surface area (Å²) >= 11 is 0. The molecule has 11 heteroatoms. The predicted molar refractivity (Wildman–Crippen MR) is 488 cm³/mol. The van der Waals surface area contributed by atoms with Gasteiger partial charge in [0.2, 0.25) is 11.8 Å². The maximum Gasteiger partial charge on any atom is 0.433 e. The third-order valence-electron chi connectivity index (χ3n) is 27.0. The van der Waals surface area contributed by atoms with E-state index in [1.807, 2.05) is 0 Å². The van der Waals surface area contributed by atoms with Crippen molar-refractivity contribution < 1.29 is 31.8 Å². The number of anilines is 1. The number of ether oxygens (including phenoxy) is 3. The van der Waals surface area contributed by atoms with Crippen molar-refractivity contribution in [3.63, 3.8) is 0 Å². The van der Waals surface area contributed by atoms with Gasteiger partial charge < -0.3 is 24.4 Å². The maximum absolute atomic E-state index is 15.4. The van der Waals surface area contributed by atoms with Crippen LogP contribution in [0.25, 0.3) is 0 Å². The summed E-state index contributed by atoms with van der Waals surface area (Å²) in [4.78, 5) is 11.5. The van der Waals surface area contributed by atoms with E-state index in [0.717, 1.165) is 83.4 Å². The van der Waals surface area contributed by atoms with Crippen molar-refractivity contribution in [2.75, 3.05) is 44.3 Å². The first-order valence-corrected chi connectivity index (χ1v) is 51.9. The second-order valence-corrected chi connectivity index (χ2v) is 37.6. The van der Waals surface area contributed by atoms with Crippen molar-refractivity contribution in [1.29, 1.82) is 0 Å². The van der Waals surface area contributed by atoms with E-state index in [4.69, 9.17) is 19.2 Å². The van der Waals surface area contributed by atoms with Crippen molar-refractivity contribution in [2.24, 2.45) is 5.41 Å². The van der Waals surface area contributed by atoms with Gasteiger partial charge in [-0.2, -0.15) is 18.2 Å². The molecular formula is C104H188F4N4O3. The Hall–Kier alpha value is -2.50. The van der Waals surface area contributed by atoms with Crippen LogP contribution < -0.4 is 15.0 Å². The average Bonchev–Trinajstić information content (AvgIpc) is 1.73. The van der Waals surface area contributed by atoms with Gasteiger partial charge in [-0.1, -0.05) is 513 Å². The molecule has 2 saturated heterocycles. The van der Waals surface area contributed by atoms with Gasteiger partial charge in [-0.05, 0) is 57.3 Å². The van der Waals surface area contributed by atoms with Crippen molar-refractivity contribution >= 4 is 5.95 Å². The quantitative estimate of drug-likeness (QED) is 0.307. The van der Waals surface area contributed by atoms with Gasteiger partial charge in [-0.25, -0.2) is 9.37 Å². The van der Waals surface area contributed by atoms with Crippen LogP contribution in [-0.2, 0) is 15.7 Å². The van der Waals surface area contributed by atoms with E-state index in [9.17, 15) is 4.39 Å². The normalized spacial score (nSPS) is 24.3. The number of aromatic nitrogens is 2. The Labute approximate surface area is 710 Å². The number of nitrogens with one attached hydrogen (secondary N) is 1. The van der Waals surface area contributed by atoms with Crippen LogP contribution in [0.2, 0.25) is 0 Å². The van der Waals surface area contributed by atoms with E-state index in [-0.39, 0.29) is 17.6 Å². The van der Waals surface area contributed by atoms with E-state index < -0.39 is 28.9 Å². The van der Waals surface area contributed by atoms with Crippen molar-refractivity contribution in [2.45, 2.75) is 558 Å². The molecule has 1 aromatic carbocycles. The summed E-state index contributed by atoms with van der Waals surface area (Å²) in [7, 11) is 0. The lowest BCUT2D eigenvalue weighted by Gasteiger charge is -2.50. The zero-order valence-corrected chi connectivity index (χ0v) is 75.8. The van der Waals surface area contributed by atoms with Crippen LogP contribution in [0.1, 0.15) is 551 Å². The summed E-state index contributed by atoms with van der Waals surface area (Å²) in [6.45, 7) is 3.53.